The molecule has 12 nitrogen and oxygen atoms in total. The second kappa shape index (κ2) is 11.5. The third-order valence-electron chi connectivity index (χ3n) is 4.45. The lowest BCUT2D eigenvalue weighted by atomic mass is 10.1. The molecule has 202 valence electrons. The standard InChI is InChI=1S/C18H20F2O12S4/c19-15(13-7-3-1-4-8-13)17(33(21,22)23)35(27,28)31-11-12-32-36(29,30)18(34(24,25)26)16(20)14-9-5-2-6-10-14/h1-10,15-18H,11-12H2,(H,21,22,23)(H,24,25,26). The molecule has 0 saturated carbocycles. The number of halogens is 2. The van der Waals surface area contributed by atoms with E-state index in [9.17, 15) is 51.6 Å². The normalized spacial score (nSPS) is 16.7. The summed E-state index contributed by atoms with van der Waals surface area (Å²) in [6.45, 7) is -2.65. The van der Waals surface area contributed by atoms with Gasteiger partial charge in [0.2, 0.25) is 9.16 Å². The van der Waals surface area contributed by atoms with Crippen LogP contribution in [0.15, 0.2) is 60.7 Å². The van der Waals surface area contributed by atoms with Crippen molar-refractivity contribution in [3.05, 3.63) is 71.8 Å². The SMILES string of the molecule is O=S(=O)(O)C(C(F)c1ccccc1)S(=O)(=O)OCCOS(=O)(=O)C(C(F)c1ccccc1)S(=O)(=O)O. The van der Waals surface area contributed by atoms with E-state index in [0.29, 0.717) is 0 Å². The van der Waals surface area contributed by atoms with E-state index in [0.717, 1.165) is 24.3 Å². The second-order valence-electron chi connectivity index (χ2n) is 7.02. The summed E-state index contributed by atoms with van der Waals surface area (Å²) in [5.41, 5.74) is -0.894. The summed E-state index contributed by atoms with van der Waals surface area (Å²) >= 11 is 0. The molecule has 4 unspecified atom stereocenters. The minimum atomic E-state index is -5.62. The van der Waals surface area contributed by atoms with Crippen LogP contribution in [0.2, 0.25) is 0 Å². The first-order valence-electron chi connectivity index (χ1n) is 9.55. The molecule has 0 aliphatic heterocycles. The highest BCUT2D eigenvalue weighted by atomic mass is 32.3. The van der Waals surface area contributed by atoms with Gasteiger partial charge in [-0.25, -0.2) is 8.78 Å². The number of hydrogen-bond donors (Lipinski definition) is 2. The quantitative estimate of drug-likeness (QED) is 0.193. The van der Waals surface area contributed by atoms with Gasteiger partial charge in [-0.2, -0.15) is 33.7 Å². The highest BCUT2D eigenvalue weighted by molar-refractivity contribution is 8.04. The Morgan fingerprint density at radius 3 is 1.11 bits per heavy atom. The Balaban J connectivity index is 2.18. The molecule has 4 atom stereocenters. The van der Waals surface area contributed by atoms with Gasteiger partial charge in [0.15, 0.2) is 12.3 Å². The maximum atomic E-state index is 14.7. The van der Waals surface area contributed by atoms with Crippen LogP contribution < -0.4 is 0 Å². The molecule has 0 saturated heterocycles. The highest BCUT2D eigenvalue weighted by Gasteiger charge is 2.47. The fourth-order valence-corrected chi connectivity index (χ4v) is 8.32. The van der Waals surface area contributed by atoms with Crippen molar-refractivity contribution in [3.8, 4) is 0 Å². The Morgan fingerprint density at radius 2 is 0.861 bits per heavy atom. The number of hydrogen-bond acceptors (Lipinski definition) is 10. The van der Waals surface area contributed by atoms with Gasteiger partial charge in [0.05, 0.1) is 13.2 Å². The van der Waals surface area contributed by atoms with Crippen LogP contribution in [0.3, 0.4) is 0 Å². The van der Waals surface area contributed by atoms with Gasteiger partial charge in [-0.05, 0) is 11.1 Å². The van der Waals surface area contributed by atoms with Gasteiger partial charge in [0, 0.05) is 0 Å². The predicted molar refractivity (Wildman–Crippen MR) is 121 cm³/mol. The number of benzene rings is 2. The smallest absolute Gasteiger partial charge is 0.284 e. The van der Waals surface area contributed by atoms with Gasteiger partial charge in [-0.15, -0.1) is 0 Å². The lowest BCUT2D eigenvalue weighted by Crippen LogP contribution is -2.37. The molecule has 18 heteroatoms. The number of alkyl halides is 2. The summed E-state index contributed by atoms with van der Waals surface area (Å²) < 4.78 is 146. The van der Waals surface area contributed by atoms with Crippen LogP contribution in [0.1, 0.15) is 23.5 Å². The van der Waals surface area contributed by atoms with E-state index >= 15 is 0 Å². The molecule has 0 radical (unpaired) electrons. The Morgan fingerprint density at radius 1 is 0.583 bits per heavy atom. The van der Waals surface area contributed by atoms with E-state index in [-0.39, 0.29) is 0 Å². The van der Waals surface area contributed by atoms with E-state index in [1.165, 1.54) is 36.4 Å². The van der Waals surface area contributed by atoms with Gasteiger partial charge in [0.1, 0.15) is 0 Å². The molecule has 0 aliphatic rings. The van der Waals surface area contributed by atoms with Gasteiger partial charge >= 0.3 is 0 Å². The minimum absolute atomic E-state index is 0.447. The summed E-state index contributed by atoms with van der Waals surface area (Å²) in [6, 6.07) is 12.0. The van der Waals surface area contributed by atoms with Crippen molar-refractivity contribution >= 4 is 40.5 Å². The van der Waals surface area contributed by atoms with Crippen LogP contribution in [0.25, 0.3) is 0 Å². The summed E-state index contributed by atoms with van der Waals surface area (Å²) in [7, 11) is -22.2. The predicted octanol–water partition coefficient (Wildman–Crippen LogP) is 1.53. The summed E-state index contributed by atoms with van der Waals surface area (Å²) in [6.07, 6.45) is -5.64. The van der Waals surface area contributed by atoms with Crippen LogP contribution >= 0.6 is 0 Å². The van der Waals surface area contributed by atoms with Crippen LogP contribution in [0.5, 0.6) is 0 Å². The maximum Gasteiger partial charge on any atom is 0.290 e. The zero-order valence-electron chi connectivity index (χ0n) is 17.9. The molecular formula is C18H20F2O12S4. The van der Waals surface area contributed by atoms with Crippen molar-refractivity contribution in [2.45, 2.75) is 21.5 Å². The molecule has 2 N–H and O–H groups in total. The van der Waals surface area contributed by atoms with Crippen LogP contribution in [0.4, 0.5) is 8.78 Å². The fourth-order valence-electron chi connectivity index (χ4n) is 2.92. The molecule has 0 aliphatic carbocycles. The van der Waals surface area contributed by atoms with Gasteiger partial charge < -0.3 is 0 Å². The summed E-state index contributed by atoms with van der Waals surface area (Å²) in [4.78, 5) is 0. The lowest BCUT2D eigenvalue weighted by molar-refractivity contribution is 0.214. The van der Waals surface area contributed by atoms with E-state index in [1.807, 2.05) is 0 Å². The van der Waals surface area contributed by atoms with Crippen LogP contribution in [-0.2, 0) is 48.8 Å². The van der Waals surface area contributed by atoms with Crippen molar-refractivity contribution < 1.29 is 59.9 Å². The largest absolute Gasteiger partial charge is 0.290 e. The van der Waals surface area contributed by atoms with Crippen molar-refractivity contribution in [1.82, 2.24) is 0 Å². The molecule has 0 spiro atoms. The Kier molecular flexibility index (Phi) is 9.68. The van der Waals surface area contributed by atoms with E-state index in [2.05, 4.69) is 8.37 Å². The van der Waals surface area contributed by atoms with E-state index < -0.39 is 86.3 Å². The summed E-state index contributed by atoms with van der Waals surface area (Å²) in [5.74, 6) is 0. The zero-order valence-corrected chi connectivity index (χ0v) is 21.1. The monoisotopic (exact) mass is 594 g/mol. The van der Waals surface area contributed by atoms with Gasteiger partial charge in [-0.3, -0.25) is 17.5 Å². The molecule has 36 heavy (non-hydrogen) atoms. The average molecular weight is 595 g/mol. The molecule has 2 rings (SSSR count). The molecule has 0 aromatic heterocycles. The summed E-state index contributed by atoms with van der Waals surface area (Å²) in [5, 5.41) is 0. The minimum Gasteiger partial charge on any atom is -0.284 e. The average Bonchev–Trinajstić information content (AvgIpc) is 2.75. The Hall–Kier alpha value is -2.06. The first kappa shape index (κ1) is 30.2. The zero-order chi connectivity index (χ0) is 27.4. The second-order valence-corrected chi connectivity index (χ2v) is 14.2. The Bertz CT molecular complexity index is 1330. The molecule has 2 aromatic carbocycles. The van der Waals surface area contributed by atoms with E-state index in [1.54, 1.807) is 0 Å². The van der Waals surface area contributed by atoms with Crippen molar-refractivity contribution in [1.29, 1.82) is 0 Å². The number of rotatable bonds is 13. The fraction of sp³-hybridized carbons (Fsp3) is 0.333. The highest BCUT2D eigenvalue weighted by Crippen LogP contribution is 2.32. The third kappa shape index (κ3) is 7.72. The lowest BCUT2D eigenvalue weighted by Gasteiger charge is -2.20. The Labute approximate surface area is 206 Å². The first-order chi connectivity index (χ1) is 16.5. The van der Waals surface area contributed by atoms with Crippen molar-refractivity contribution in [2.75, 3.05) is 13.2 Å². The van der Waals surface area contributed by atoms with Crippen LogP contribution in [0, 0.1) is 0 Å². The van der Waals surface area contributed by atoms with Crippen LogP contribution in [-0.4, -0.2) is 65.2 Å². The molecule has 0 amide bonds. The molecule has 2 aromatic rings. The topological polar surface area (TPSA) is 195 Å². The van der Waals surface area contributed by atoms with Crippen molar-refractivity contribution in [2.24, 2.45) is 0 Å². The third-order valence-corrected chi connectivity index (χ3v) is 11.6. The van der Waals surface area contributed by atoms with Crippen molar-refractivity contribution in [3.63, 3.8) is 0 Å². The molecule has 0 heterocycles. The molecular weight excluding hydrogens is 574 g/mol. The van der Waals surface area contributed by atoms with Gasteiger partial charge in [-0.1, -0.05) is 60.7 Å². The first-order valence-corrected chi connectivity index (χ1v) is 15.5. The maximum absolute atomic E-state index is 14.7. The molecule has 0 bridgehead atoms. The molecule has 0 fully saturated rings. The van der Waals surface area contributed by atoms with Gasteiger partial charge in [0.25, 0.3) is 40.5 Å². The van der Waals surface area contributed by atoms with E-state index in [4.69, 9.17) is 0 Å².